The Morgan fingerprint density at radius 2 is 2.06 bits per heavy atom. The summed E-state index contributed by atoms with van der Waals surface area (Å²) in [5.74, 6) is 0.869. The zero-order valence-electron chi connectivity index (χ0n) is 9.08. The summed E-state index contributed by atoms with van der Waals surface area (Å²) < 4.78 is 2.26. The van der Waals surface area contributed by atoms with Crippen LogP contribution >= 0.6 is 34.4 Å². The molecule has 0 aliphatic rings. The Morgan fingerprint density at radius 1 is 1.18 bits per heavy atom. The van der Waals surface area contributed by atoms with Crippen LogP contribution in [0, 0.1) is 6.92 Å². The Morgan fingerprint density at radius 3 is 2.82 bits per heavy atom. The van der Waals surface area contributed by atoms with Gasteiger partial charge in [-0.1, -0.05) is 35.2 Å². The summed E-state index contributed by atoms with van der Waals surface area (Å²) in [5, 5.41) is 10.2. The van der Waals surface area contributed by atoms with E-state index in [0.29, 0.717) is 0 Å². The first-order chi connectivity index (χ1) is 8.31. The van der Waals surface area contributed by atoms with Crippen molar-refractivity contribution < 1.29 is 0 Å². The van der Waals surface area contributed by atoms with Crippen LogP contribution in [0.4, 0.5) is 0 Å². The van der Waals surface area contributed by atoms with E-state index in [1.807, 2.05) is 19.1 Å². The highest BCUT2D eigenvalue weighted by Crippen LogP contribution is 2.29. The molecule has 3 aromatic rings. The second kappa shape index (κ2) is 4.72. The number of benzene rings is 1. The third-order valence-electron chi connectivity index (χ3n) is 2.16. The lowest BCUT2D eigenvalue weighted by atomic mass is 10.3. The zero-order chi connectivity index (χ0) is 11.7. The molecule has 0 unspecified atom stereocenters. The topological polar surface area (TPSA) is 38.7 Å². The van der Waals surface area contributed by atoms with Gasteiger partial charge in [0.25, 0.3) is 0 Å². The van der Waals surface area contributed by atoms with Gasteiger partial charge in [-0.15, -0.1) is 21.5 Å². The van der Waals surface area contributed by atoms with Gasteiger partial charge in [0.15, 0.2) is 4.34 Å². The van der Waals surface area contributed by atoms with E-state index >= 15 is 0 Å². The predicted molar refractivity (Wildman–Crippen MR) is 73.8 cm³/mol. The van der Waals surface area contributed by atoms with Crippen LogP contribution in [0.5, 0.6) is 0 Å². The summed E-state index contributed by atoms with van der Waals surface area (Å²) in [4.78, 5) is 4.59. The molecule has 3 rings (SSSR count). The van der Waals surface area contributed by atoms with Crippen LogP contribution in [0.3, 0.4) is 0 Å². The van der Waals surface area contributed by atoms with Crippen molar-refractivity contribution in [2.45, 2.75) is 17.0 Å². The van der Waals surface area contributed by atoms with Crippen molar-refractivity contribution in [2.24, 2.45) is 0 Å². The Hall–Kier alpha value is -0.980. The summed E-state index contributed by atoms with van der Waals surface area (Å²) >= 11 is 5.08. The number of aromatic nitrogens is 3. The van der Waals surface area contributed by atoms with Gasteiger partial charge in [-0.05, 0) is 19.1 Å². The molecule has 0 bridgehead atoms. The van der Waals surface area contributed by atoms with E-state index in [-0.39, 0.29) is 0 Å². The van der Waals surface area contributed by atoms with Gasteiger partial charge in [0, 0.05) is 0 Å². The molecule has 0 aliphatic heterocycles. The van der Waals surface area contributed by atoms with Crippen LogP contribution in [0.1, 0.15) is 10.0 Å². The highest BCUT2D eigenvalue weighted by atomic mass is 32.2. The molecule has 0 fully saturated rings. The van der Waals surface area contributed by atoms with Crippen LogP contribution < -0.4 is 0 Å². The normalized spacial score (nSPS) is 11.1. The molecule has 2 heterocycles. The van der Waals surface area contributed by atoms with E-state index in [1.54, 1.807) is 34.4 Å². The molecular formula is C11H9N3S3. The summed E-state index contributed by atoms with van der Waals surface area (Å²) in [6.07, 6.45) is 0. The lowest BCUT2D eigenvalue weighted by Crippen LogP contribution is -1.77. The van der Waals surface area contributed by atoms with Crippen LogP contribution in [-0.4, -0.2) is 15.2 Å². The Labute approximate surface area is 111 Å². The lowest BCUT2D eigenvalue weighted by molar-refractivity contribution is 0.983. The number of hydrogen-bond donors (Lipinski definition) is 0. The van der Waals surface area contributed by atoms with Crippen LogP contribution in [0.15, 0.2) is 28.6 Å². The van der Waals surface area contributed by atoms with Crippen molar-refractivity contribution in [2.75, 3.05) is 0 Å². The second-order valence-electron chi connectivity index (χ2n) is 3.45. The number of rotatable bonds is 3. The van der Waals surface area contributed by atoms with Gasteiger partial charge >= 0.3 is 0 Å². The maximum Gasteiger partial charge on any atom is 0.174 e. The molecule has 0 aliphatic carbocycles. The molecule has 0 saturated carbocycles. The van der Waals surface area contributed by atoms with Crippen molar-refractivity contribution in [1.29, 1.82) is 0 Å². The van der Waals surface area contributed by atoms with Gasteiger partial charge < -0.3 is 0 Å². The number of nitrogens with zero attached hydrogens (tertiary/aromatic N) is 3. The summed E-state index contributed by atoms with van der Waals surface area (Å²) in [6.45, 7) is 1.97. The van der Waals surface area contributed by atoms with Crippen molar-refractivity contribution in [3.8, 4) is 0 Å². The quantitative estimate of drug-likeness (QED) is 0.684. The van der Waals surface area contributed by atoms with E-state index in [0.717, 1.165) is 25.6 Å². The number of thioether (sulfide) groups is 1. The minimum Gasteiger partial charge on any atom is -0.240 e. The van der Waals surface area contributed by atoms with E-state index in [1.165, 1.54) is 4.70 Å². The number of aryl methyl sites for hydroxylation is 1. The molecule has 0 saturated heterocycles. The van der Waals surface area contributed by atoms with Gasteiger partial charge in [0.1, 0.15) is 10.0 Å². The Kier molecular flexibility index (Phi) is 3.09. The fourth-order valence-corrected chi connectivity index (χ4v) is 4.22. The molecule has 86 valence electrons. The van der Waals surface area contributed by atoms with Crippen LogP contribution in [0.25, 0.3) is 10.2 Å². The minimum atomic E-state index is 0.869. The first-order valence-corrected chi connectivity index (χ1v) is 7.70. The molecule has 1 aromatic carbocycles. The molecule has 17 heavy (non-hydrogen) atoms. The first-order valence-electron chi connectivity index (χ1n) is 5.08. The average molecular weight is 279 g/mol. The number of thiazole rings is 1. The van der Waals surface area contributed by atoms with Crippen molar-refractivity contribution >= 4 is 44.7 Å². The molecule has 0 radical (unpaired) electrons. The smallest absolute Gasteiger partial charge is 0.174 e. The molecule has 0 N–H and O–H groups in total. The van der Waals surface area contributed by atoms with Gasteiger partial charge in [-0.2, -0.15) is 0 Å². The highest BCUT2D eigenvalue weighted by Gasteiger charge is 2.06. The maximum absolute atomic E-state index is 4.59. The van der Waals surface area contributed by atoms with E-state index < -0.39 is 0 Å². The Balaban J connectivity index is 1.76. The number of fused-ring (bicyclic) bond motifs is 1. The van der Waals surface area contributed by atoms with Crippen molar-refractivity contribution in [1.82, 2.24) is 15.2 Å². The van der Waals surface area contributed by atoms with Gasteiger partial charge in [-0.3, -0.25) is 0 Å². The summed E-state index contributed by atoms with van der Waals surface area (Å²) in [7, 11) is 0. The van der Waals surface area contributed by atoms with E-state index in [9.17, 15) is 0 Å². The monoisotopic (exact) mass is 279 g/mol. The fraction of sp³-hybridized carbons (Fsp3) is 0.182. The van der Waals surface area contributed by atoms with Crippen LogP contribution in [-0.2, 0) is 5.75 Å². The molecule has 0 amide bonds. The van der Waals surface area contributed by atoms with Gasteiger partial charge in [0.05, 0.1) is 16.0 Å². The second-order valence-corrected chi connectivity index (χ2v) is 6.97. The maximum atomic E-state index is 4.59. The minimum absolute atomic E-state index is 0.869. The van der Waals surface area contributed by atoms with Gasteiger partial charge in [-0.25, -0.2) is 4.98 Å². The molecule has 3 nitrogen and oxygen atoms in total. The number of para-hydroxylation sites is 1. The molecule has 6 heteroatoms. The molecular weight excluding hydrogens is 270 g/mol. The van der Waals surface area contributed by atoms with E-state index in [4.69, 9.17) is 0 Å². The van der Waals surface area contributed by atoms with Crippen LogP contribution in [0.2, 0.25) is 0 Å². The fourth-order valence-electron chi connectivity index (χ4n) is 1.44. The average Bonchev–Trinajstić information content (AvgIpc) is 2.91. The summed E-state index contributed by atoms with van der Waals surface area (Å²) in [6, 6.07) is 8.23. The zero-order valence-corrected chi connectivity index (χ0v) is 11.5. The van der Waals surface area contributed by atoms with E-state index in [2.05, 4.69) is 27.3 Å². The lowest BCUT2D eigenvalue weighted by Gasteiger charge is -1.90. The number of hydrogen-bond acceptors (Lipinski definition) is 6. The standard InChI is InChI=1S/C11H9N3S3/c1-7-13-14-11(16-7)15-6-10-12-8-4-2-3-5-9(8)17-10/h2-5H,6H2,1H3. The van der Waals surface area contributed by atoms with Gasteiger partial charge in [0.2, 0.25) is 0 Å². The molecule has 0 atom stereocenters. The van der Waals surface area contributed by atoms with Crippen molar-refractivity contribution in [3.63, 3.8) is 0 Å². The SMILES string of the molecule is Cc1nnc(SCc2nc3ccccc3s2)s1. The third kappa shape index (κ3) is 2.48. The predicted octanol–water partition coefficient (Wildman–Crippen LogP) is 3.75. The molecule has 0 spiro atoms. The van der Waals surface area contributed by atoms with Crippen molar-refractivity contribution in [3.05, 3.63) is 34.3 Å². The largest absolute Gasteiger partial charge is 0.240 e. The third-order valence-corrected chi connectivity index (χ3v) is 5.37. The summed E-state index contributed by atoms with van der Waals surface area (Å²) in [5.41, 5.74) is 1.08. The highest BCUT2D eigenvalue weighted by molar-refractivity contribution is 8.00. The first kappa shape index (κ1) is 11.1. The molecule has 2 aromatic heterocycles. The Bertz CT molecular complexity index is 611.